The van der Waals surface area contributed by atoms with Gasteiger partial charge in [-0.2, -0.15) is 0 Å². The minimum absolute atomic E-state index is 0.0701. The molecule has 0 saturated heterocycles. The van der Waals surface area contributed by atoms with Gasteiger partial charge < -0.3 is 15.8 Å². The molecule has 1 heterocycles. The van der Waals surface area contributed by atoms with E-state index < -0.39 is 23.8 Å². The van der Waals surface area contributed by atoms with Crippen LogP contribution in [0.5, 0.6) is 5.75 Å². The molecule has 3 amide bonds. The Hall–Kier alpha value is -3.20. The average molecular weight is 462 g/mol. The standard InChI is InChI=1S/C20H17BrFN3O4/c1-29-18-10-16(15(21)9-14(18)19(23)27)24-20(28)25-7-6-13(26)8-17(25)11-2-4-12(22)5-3-11/h2-7,9-10,17H,8H2,1H3,(H2,23,27)(H,24,28). The number of benzene rings is 2. The Balaban J connectivity index is 1.90. The molecular weight excluding hydrogens is 445 g/mol. The number of hydrogen-bond acceptors (Lipinski definition) is 4. The lowest BCUT2D eigenvalue weighted by atomic mass is 9.97. The Morgan fingerprint density at radius 3 is 2.59 bits per heavy atom. The Bertz CT molecular complexity index is 1010. The highest BCUT2D eigenvalue weighted by Gasteiger charge is 2.29. The number of rotatable bonds is 4. The molecule has 1 aliphatic rings. The van der Waals surface area contributed by atoms with Crippen LogP contribution in [0.15, 0.2) is 53.1 Å². The number of nitrogens with two attached hydrogens (primary N) is 1. The van der Waals surface area contributed by atoms with E-state index in [-0.39, 0.29) is 23.5 Å². The fourth-order valence-corrected chi connectivity index (χ4v) is 3.43. The first-order valence-electron chi connectivity index (χ1n) is 8.53. The molecule has 9 heteroatoms. The second kappa shape index (κ2) is 8.44. The van der Waals surface area contributed by atoms with E-state index in [4.69, 9.17) is 10.5 Å². The summed E-state index contributed by atoms with van der Waals surface area (Å²) in [5.41, 5.74) is 6.46. The minimum atomic E-state index is -0.672. The van der Waals surface area contributed by atoms with Gasteiger partial charge in [-0.05, 0) is 45.8 Å². The first-order valence-corrected chi connectivity index (χ1v) is 9.32. The number of ether oxygens (including phenoxy) is 1. The monoisotopic (exact) mass is 461 g/mol. The highest BCUT2D eigenvalue weighted by Crippen LogP contribution is 2.33. The molecule has 0 spiro atoms. The molecule has 0 bridgehead atoms. The van der Waals surface area contributed by atoms with E-state index >= 15 is 0 Å². The number of carbonyl (C=O) groups excluding carboxylic acids is 3. The predicted molar refractivity (Wildman–Crippen MR) is 108 cm³/mol. The third-order valence-corrected chi connectivity index (χ3v) is 5.09. The third kappa shape index (κ3) is 4.45. The van der Waals surface area contributed by atoms with Crippen LogP contribution in [-0.2, 0) is 4.79 Å². The first kappa shape index (κ1) is 20.5. The largest absolute Gasteiger partial charge is 0.496 e. The molecule has 3 rings (SSSR count). The van der Waals surface area contributed by atoms with E-state index in [2.05, 4.69) is 21.2 Å². The third-order valence-electron chi connectivity index (χ3n) is 4.44. The molecule has 0 aliphatic carbocycles. The SMILES string of the molecule is COc1cc(NC(=O)N2C=CC(=O)CC2c2ccc(F)cc2)c(Br)cc1C(N)=O. The lowest BCUT2D eigenvalue weighted by Crippen LogP contribution is -2.37. The van der Waals surface area contributed by atoms with E-state index in [1.165, 1.54) is 60.7 Å². The zero-order valence-corrected chi connectivity index (χ0v) is 16.9. The van der Waals surface area contributed by atoms with Gasteiger partial charge in [0.15, 0.2) is 5.78 Å². The van der Waals surface area contributed by atoms with Crippen LogP contribution in [0, 0.1) is 5.82 Å². The van der Waals surface area contributed by atoms with Gasteiger partial charge in [-0.25, -0.2) is 9.18 Å². The number of nitrogens with one attached hydrogen (secondary N) is 1. The molecule has 0 aromatic heterocycles. The van der Waals surface area contributed by atoms with Crippen molar-refractivity contribution in [3.63, 3.8) is 0 Å². The van der Waals surface area contributed by atoms with E-state index in [0.29, 0.717) is 15.7 Å². The van der Waals surface area contributed by atoms with Crippen LogP contribution < -0.4 is 15.8 Å². The normalized spacial score (nSPS) is 15.9. The van der Waals surface area contributed by atoms with Gasteiger partial charge in [0.2, 0.25) is 0 Å². The van der Waals surface area contributed by atoms with Gasteiger partial charge in [-0.3, -0.25) is 14.5 Å². The summed E-state index contributed by atoms with van der Waals surface area (Å²) in [6.45, 7) is 0. The lowest BCUT2D eigenvalue weighted by Gasteiger charge is -2.31. The Labute approximate surface area is 174 Å². The Morgan fingerprint density at radius 2 is 1.97 bits per heavy atom. The van der Waals surface area contributed by atoms with Gasteiger partial charge in [0.05, 0.1) is 24.4 Å². The molecular formula is C20H17BrFN3O4. The average Bonchev–Trinajstić information content (AvgIpc) is 2.69. The van der Waals surface area contributed by atoms with Crippen molar-refractivity contribution in [1.82, 2.24) is 4.90 Å². The Kier molecular flexibility index (Phi) is 5.97. The molecule has 3 N–H and O–H groups in total. The number of amides is 3. The van der Waals surface area contributed by atoms with Crippen LogP contribution in [0.4, 0.5) is 14.9 Å². The van der Waals surface area contributed by atoms with Gasteiger partial charge >= 0.3 is 6.03 Å². The van der Waals surface area contributed by atoms with Crippen LogP contribution in [0.25, 0.3) is 0 Å². The van der Waals surface area contributed by atoms with Crippen molar-refractivity contribution in [2.24, 2.45) is 5.73 Å². The lowest BCUT2D eigenvalue weighted by molar-refractivity contribution is -0.116. The van der Waals surface area contributed by atoms with Crippen LogP contribution in [0.3, 0.4) is 0 Å². The van der Waals surface area contributed by atoms with E-state index in [1.807, 2.05) is 0 Å². The second-order valence-corrected chi connectivity index (χ2v) is 7.14. The molecule has 1 unspecified atom stereocenters. The van der Waals surface area contributed by atoms with Crippen LogP contribution in [-0.4, -0.2) is 29.7 Å². The summed E-state index contributed by atoms with van der Waals surface area (Å²) in [5.74, 6) is -1.02. The molecule has 29 heavy (non-hydrogen) atoms. The summed E-state index contributed by atoms with van der Waals surface area (Å²) in [6.07, 6.45) is 2.77. The number of hydrogen-bond donors (Lipinski definition) is 2. The van der Waals surface area contributed by atoms with Crippen LogP contribution >= 0.6 is 15.9 Å². The summed E-state index contributed by atoms with van der Waals surface area (Å²) in [5, 5.41) is 2.72. The van der Waals surface area contributed by atoms with Crippen molar-refractivity contribution in [2.75, 3.05) is 12.4 Å². The molecule has 2 aromatic rings. The van der Waals surface area contributed by atoms with Crippen molar-refractivity contribution >= 4 is 39.3 Å². The molecule has 0 saturated carbocycles. The second-order valence-electron chi connectivity index (χ2n) is 6.29. The van der Waals surface area contributed by atoms with Crippen LogP contribution in [0.2, 0.25) is 0 Å². The summed E-state index contributed by atoms with van der Waals surface area (Å²) in [6, 6.07) is 7.44. The molecule has 0 fully saturated rings. The predicted octanol–water partition coefficient (Wildman–Crippen LogP) is 3.76. The molecule has 0 radical (unpaired) electrons. The number of nitrogens with zero attached hydrogens (tertiary/aromatic N) is 1. The first-order chi connectivity index (χ1) is 13.8. The van der Waals surface area contributed by atoms with Gasteiger partial charge in [0.1, 0.15) is 11.6 Å². The number of ketones is 1. The maximum absolute atomic E-state index is 13.3. The number of methoxy groups -OCH3 is 1. The fourth-order valence-electron chi connectivity index (χ4n) is 2.99. The van der Waals surface area contributed by atoms with Crippen molar-refractivity contribution in [3.8, 4) is 5.75 Å². The summed E-state index contributed by atoms with van der Waals surface area (Å²) >= 11 is 3.30. The smallest absolute Gasteiger partial charge is 0.326 e. The Morgan fingerprint density at radius 1 is 1.28 bits per heavy atom. The van der Waals surface area contributed by atoms with Crippen molar-refractivity contribution < 1.29 is 23.5 Å². The van der Waals surface area contributed by atoms with Crippen molar-refractivity contribution in [1.29, 1.82) is 0 Å². The molecule has 1 aliphatic heterocycles. The number of primary amides is 1. The molecule has 1 atom stereocenters. The molecule has 7 nitrogen and oxygen atoms in total. The maximum atomic E-state index is 13.3. The van der Waals surface area contributed by atoms with Crippen molar-refractivity contribution in [2.45, 2.75) is 12.5 Å². The maximum Gasteiger partial charge on any atom is 0.326 e. The highest BCUT2D eigenvalue weighted by atomic mass is 79.9. The van der Waals surface area contributed by atoms with Gasteiger partial charge in [0, 0.05) is 23.2 Å². The van der Waals surface area contributed by atoms with Gasteiger partial charge in [0.25, 0.3) is 5.91 Å². The molecule has 150 valence electrons. The van der Waals surface area contributed by atoms with Gasteiger partial charge in [-0.1, -0.05) is 12.1 Å². The van der Waals surface area contributed by atoms with Crippen molar-refractivity contribution in [3.05, 3.63) is 70.1 Å². The summed E-state index contributed by atoms with van der Waals surface area (Å²) in [4.78, 5) is 37.7. The number of carbonyl (C=O) groups is 3. The van der Waals surface area contributed by atoms with E-state index in [1.54, 1.807) is 0 Å². The number of allylic oxidation sites excluding steroid dienone is 1. The number of anilines is 1. The summed E-state index contributed by atoms with van der Waals surface area (Å²) < 4.78 is 18.8. The topological polar surface area (TPSA) is 102 Å². The molecule has 2 aromatic carbocycles. The zero-order valence-electron chi connectivity index (χ0n) is 15.3. The highest BCUT2D eigenvalue weighted by molar-refractivity contribution is 9.10. The number of halogens is 2. The van der Waals surface area contributed by atoms with Gasteiger partial charge in [-0.15, -0.1) is 0 Å². The summed E-state index contributed by atoms with van der Waals surface area (Å²) in [7, 11) is 1.38. The van der Waals surface area contributed by atoms with Crippen LogP contribution in [0.1, 0.15) is 28.4 Å². The van der Waals surface area contributed by atoms with E-state index in [0.717, 1.165) is 0 Å². The quantitative estimate of drug-likeness (QED) is 0.723. The minimum Gasteiger partial charge on any atom is -0.496 e. The van der Waals surface area contributed by atoms with E-state index in [9.17, 15) is 18.8 Å². The number of urea groups is 1. The fraction of sp³-hybridized carbons (Fsp3) is 0.150. The zero-order chi connectivity index (χ0) is 21.1.